The van der Waals surface area contributed by atoms with Crippen molar-refractivity contribution in [3.05, 3.63) is 12.7 Å². The quantitative estimate of drug-likeness (QED) is 0.223. The average molecular weight is 380 g/mol. The molecule has 1 saturated carbocycles. The van der Waals surface area contributed by atoms with E-state index in [-0.39, 0.29) is 36.4 Å². The number of carbonyl (C=O) groups is 1. The Morgan fingerprint density at radius 2 is 1.95 bits per heavy atom. The Kier molecular flexibility index (Phi) is 10.6. The first-order valence-electron chi connectivity index (χ1n) is 6.66. The van der Waals surface area contributed by atoms with Crippen molar-refractivity contribution in [3.8, 4) is 0 Å². The summed E-state index contributed by atoms with van der Waals surface area (Å²) in [4.78, 5) is 15.3. The predicted octanol–water partition coefficient (Wildman–Crippen LogP) is 1.53. The van der Waals surface area contributed by atoms with Crippen LogP contribution in [0.5, 0.6) is 0 Å². The summed E-state index contributed by atoms with van der Waals surface area (Å²) in [7, 11) is 0. The van der Waals surface area contributed by atoms with Crippen molar-refractivity contribution in [1.29, 1.82) is 0 Å². The van der Waals surface area contributed by atoms with Crippen molar-refractivity contribution < 1.29 is 4.79 Å². The van der Waals surface area contributed by atoms with E-state index in [9.17, 15) is 4.79 Å². The van der Waals surface area contributed by atoms with E-state index in [1.54, 1.807) is 6.08 Å². The number of hydrogen-bond acceptors (Lipinski definition) is 2. The van der Waals surface area contributed by atoms with Crippen molar-refractivity contribution in [2.45, 2.75) is 44.6 Å². The predicted molar refractivity (Wildman–Crippen MR) is 89.7 cm³/mol. The second-order valence-corrected chi connectivity index (χ2v) is 4.63. The van der Waals surface area contributed by atoms with Gasteiger partial charge in [-0.15, -0.1) is 30.6 Å². The van der Waals surface area contributed by atoms with Crippen molar-refractivity contribution in [3.63, 3.8) is 0 Å². The van der Waals surface area contributed by atoms with Gasteiger partial charge in [-0.2, -0.15) is 0 Å². The summed E-state index contributed by atoms with van der Waals surface area (Å²) >= 11 is 0. The van der Waals surface area contributed by atoms with Crippen LogP contribution in [0.3, 0.4) is 0 Å². The van der Waals surface area contributed by atoms with Crippen LogP contribution in [-0.2, 0) is 4.79 Å². The molecule has 6 heteroatoms. The highest BCUT2D eigenvalue weighted by molar-refractivity contribution is 14.0. The van der Waals surface area contributed by atoms with Crippen LogP contribution in [0.2, 0.25) is 0 Å². The van der Waals surface area contributed by atoms with E-state index in [1.807, 2.05) is 0 Å². The Labute approximate surface area is 132 Å². The maximum absolute atomic E-state index is 11.3. The number of carbonyl (C=O) groups excluding carboxylic acids is 1. The van der Waals surface area contributed by atoms with Gasteiger partial charge in [-0.25, -0.2) is 4.99 Å². The summed E-state index contributed by atoms with van der Waals surface area (Å²) < 4.78 is 0. The van der Waals surface area contributed by atoms with Crippen molar-refractivity contribution in [2.24, 2.45) is 10.7 Å². The molecule has 0 atom stereocenters. The number of halogens is 1. The number of amides is 1. The van der Waals surface area contributed by atoms with E-state index in [2.05, 4.69) is 22.2 Å². The first-order chi connectivity index (χ1) is 8.72. The second-order valence-electron chi connectivity index (χ2n) is 4.63. The molecule has 1 aliphatic rings. The fourth-order valence-electron chi connectivity index (χ4n) is 2.08. The van der Waals surface area contributed by atoms with E-state index in [0.29, 0.717) is 18.5 Å². The molecule has 0 heterocycles. The molecule has 1 fully saturated rings. The van der Waals surface area contributed by atoms with Gasteiger partial charge in [0.1, 0.15) is 6.54 Å². The minimum absolute atomic E-state index is 0. The highest BCUT2D eigenvalue weighted by Crippen LogP contribution is 2.16. The van der Waals surface area contributed by atoms with Gasteiger partial charge in [0.05, 0.1) is 0 Å². The molecule has 0 aromatic rings. The van der Waals surface area contributed by atoms with Crippen LogP contribution < -0.4 is 16.4 Å². The maximum Gasteiger partial charge on any atom is 0.242 e. The number of guanidine groups is 1. The molecule has 0 aromatic carbocycles. The number of nitrogens with one attached hydrogen (secondary N) is 2. The Hall–Kier alpha value is -0.790. The third-order valence-electron chi connectivity index (χ3n) is 3.04. The lowest BCUT2D eigenvalue weighted by Crippen LogP contribution is -2.40. The van der Waals surface area contributed by atoms with Crippen LogP contribution in [0.1, 0.15) is 38.5 Å². The highest BCUT2D eigenvalue weighted by Gasteiger charge is 2.12. The molecule has 4 N–H and O–H groups in total. The van der Waals surface area contributed by atoms with Gasteiger partial charge in [0.2, 0.25) is 5.91 Å². The van der Waals surface area contributed by atoms with Gasteiger partial charge < -0.3 is 16.4 Å². The van der Waals surface area contributed by atoms with E-state index >= 15 is 0 Å². The van der Waals surface area contributed by atoms with Crippen LogP contribution >= 0.6 is 24.0 Å². The minimum Gasteiger partial charge on any atom is -0.370 e. The lowest BCUT2D eigenvalue weighted by atomic mass is 10.1. The summed E-state index contributed by atoms with van der Waals surface area (Å²) in [5.74, 6) is 0.233. The van der Waals surface area contributed by atoms with E-state index in [0.717, 1.165) is 12.8 Å². The molecule has 0 aromatic heterocycles. The molecule has 19 heavy (non-hydrogen) atoms. The summed E-state index contributed by atoms with van der Waals surface area (Å²) in [5.41, 5.74) is 5.77. The monoisotopic (exact) mass is 380 g/mol. The molecule has 110 valence electrons. The fraction of sp³-hybridized carbons (Fsp3) is 0.692. The fourth-order valence-corrected chi connectivity index (χ4v) is 2.08. The standard InChI is InChI=1S/C13H24N4O.HI/c1-2-9-15-12(18)10-16-13(14)17-11-7-5-3-4-6-8-11;/h2,11H,1,3-10H2,(H,15,18)(H3,14,16,17);1H. The van der Waals surface area contributed by atoms with Crippen LogP contribution in [-0.4, -0.2) is 31.0 Å². The number of nitrogens with zero attached hydrogens (tertiary/aromatic N) is 1. The summed E-state index contributed by atoms with van der Waals surface area (Å²) in [6.45, 7) is 4.06. The number of nitrogens with two attached hydrogens (primary N) is 1. The maximum atomic E-state index is 11.3. The van der Waals surface area contributed by atoms with Crippen molar-refractivity contribution in [2.75, 3.05) is 13.1 Å². The van der Waals surface area contributed by atoms with Crippen molar-refractivity contribution >= 4 is 35.8 Å². The lowest BCUT2D eigenvalue weighted by molar-refractivity contribution is -0.119. The summed E-state index contributed by atoms with van der Waals surface area (Å²) in [6.07, 6.45) is 9.00. The first-order valence-corrected chi connectivity index (χ1v) is 6.66. The Balaban J connectivity index is 0.00000324. The van der Waals surface area contributed by atoms with Gasteiger partial charge >= 0.3 is 0 Å². The summed E-state index contributed by atoms with van der Waals surface area (Å²) in [5, 5.41) is 5.85. The largest absolute Gasteiger partial charge is 0.370 e. The molecule has 5 nitrogen and oxygen atoms in total. The van der Waals surface area contributed by atoms with Gasteiger partial charge in [-0.1, -0.05) is 31.8 Å². The molecule has 1 rings (SSSR count). The third kappa shape index (κ3) is 8.85. The molecule has 0 unspecified atom stereocenters. The number of hydrogen-bond donors (Lipinski definition) is 3. The van der Waals surface area contributed by atoms with Crippen LogP contribution in [0.15, 0.2) is 17.6 Å². The highest BCUT2D eigenvalue weighted by atomic mass is 127. The lowest BCUT2D eigenvalue weighted by Gasteiger charge is -2.16. The van der Waals surface area contributed by atoms with E-state index in [4.69, 9.17) is 5.73 Å². The Bertz CT molecular complexity index is 299. The average Bonchev–Trinajstić information content (AvgIpc) is 2.62. The Morgan fingerprint density at radius 3 is 2.53 bits per heavy atom. The molecule has 1 aliphatic carbocycles. The molecular formula is C13H25IN4O. The zero-order chi connectivity index (χ0) is 13.2. The smallest absolute Gasteiger partial charge is 0.242 e. The van der Waals surface area contributed by atoms with Gasteiger partial charge in [0.15, 0.2) is 5.96 Å². The summed E-state index contributed by atoms with van der Waals surface area (Å²) in [6, 6.07) is 0.410. The first kappa shape index (κ1) is 18.2. The second kappa shape index (κ2) is 11.1. The molecule has 1 amide bonds. The van der Waals surface area contributed by atoms with Crippen molar-refractivity contribution in [1.82, 2.24) is 10.6 Å². The normalized spacial score (nSPS) is 16.9. The number of rotatable bonds is 5. The number of aliphatic imine (C=N–C) groups is 1. The van der Waals surface area contributed by atoms with Crippen LogP contribution in [0.4, 0.5) is 0 Å². The molecule has 0 radical (unpaired) electrons. The zero-order valence-corrected chi connectivity index (χ0v) is 13.7. The third-order valence-corrected chi connectivity index (χ3v) is 3.04. The molecule has 0 saturated heterocycles. The van der Waals surface area contributed by atoms with E-state index in [1.165, 1.54) is 25.7 Å². The SMILES string of the molecule is C=CCNC(=O)CN=C(N)NC1CCCCCC1.I. The van der Waals surface area contributed by atoms with E-state index < -0.39 is 0 Å². The van der Waals surface area contributed by atoms with Gasteiger partial charge in [-0.05, 0) is 12.8 Å². The Morgan fingerprint density at radius 1 is 1.32 bits per heavy atom. The van der Waals surface area contributed by atoms with Gasteiger partial charge in [-0.3, -0.25) is 4.79 Å². The minimum atomic E-state index is -0.138. The van der Waals surface area contributed by atoms with Crippen LogP contribution in [0.25, 0.3) is 0 Å². The van der Waals surface area contributed by atoms with Gasteiger partial charge in [0.25, 0.3) is 0 Å². The topological polar surface area (TPSA) is 79.5 Å². The molecular weight excluding hydrogens is 355 g/mol. The van der Waals surface area contributed by atoms with Crippen LogP contribution in [0, 0.1) is 0 Å². The molecule has 0 spiro atoms. The molecule has 0 bridgehead atoms. The van der Waals surface area contributed by atoms with Gasteiger partial charge in [0, 0.05) is 12.6 Å². The molecule has 0 aliphatic heterocycles. The zero-order valence-electron chi connectivity index (χ0n) is 11.4.